The summed E-state index contributed by atoms with van der Waals surface area (Å²) in [4.78, 5) is 24.5. The van der Waals surface area contributed by atoms with Crippen LogP contribution in [0.15, 0.2) is 42.5 Å². The molecule has 2 aromatic rings. The van der Waals surface area contributed by atoms with E-state index in [1.165, 1.54) is 18.3 Å². The second-order valence-electron chi connectivity index (χ2n) is 11.3. The van der Waals surface area contributed by atoms with Crippen molar-refractivity contribution in [3.05, 3.63) is 75.9 Å². The molecule has 2 atom stereocenters. The van der Waals surface area contributed by atoms with Crippen molar-refractivity contribution in [1.82, 2.24) is 5.32 Å². The summed E-state index contributed by atoms with van der Waals surface area (Å²) in [6.45, 7) is 6.18. The number of aryl methyl sites for hydroxylation is 1. The number of carbonyl (C=O) groups is 2. The molecule has 3 nitrogen and oxygen atoms in total. The average molecular weight is 638 g/mol. The summed E-state index contributed by atoms with van der Waals surface area (Å²) in [5.41, 5.74) is -3.89. The zero-order valence-electron chi connectivity index (χ0n) is 24.2. The summed E-state index contributed by atoms with van der Waals surface area (Å²) >= 11 is 0. The van der Waals surface area contributed by atoms with Crippen molar-refractivity contribution >= 4 is 17.5 Å². The van der Waals surface area contributed by atoms with Gasteiger partial charge in [-0.25, -0.2) is 4.39 Å². The second kappa shape index (κ2) is 13.4. The van der Waals surface area contributed by atoms with E-state index in [0.29, 0.717) is 17.7 Å². The van der Waals surface area contributed by atoms with Crippen molar-refractivity contribution in [2.24, 2.45) is 11.3 Å². The number of hydrogen-bond donors (Lipinski definition) is 1. The molecule has 0 spiro atoms. The Morgan fingerprint density at radius 3 is 2.07 bits per heavy atom. The minimum absolute atomic E-state index is 0.125. The lowest BCUT2D eigenvalue weighted by Crippen LogP contribution is -2.37. The van der Waals surface area contributed by atoms with Crippen LogP contribution in [0.25, 0.3) is 5.83 Å². The molecule has 0 saturated heterocycles. The predicted molar refractivity (Wildman–Crippen MR) is 144 cm³/mol. The molecule has 44 heavy (non-hydrogen) atoms. The van der Waals surface area contributed by atoms with E-state index in [1.54, 1.807) is 20.8 Å². The molecule has 2 rings (SSSR count). The van der Waals surface area contributed by atoms with Gasteiger partial charge >= 0.3 is 18.5 Å². The first-order valence-electron chi connectivity index (χ1n) is 13.1. The number of ketones is 1. The van der Waals surface area contributed by atoms with E-state index in [1.807, 2.05) is 0 Å². The van der Waals surface area contributed by atoms with Crippen LogP contribution in [0.4, 0.5) is 43.9 Å². The van der Waals surface area contributed by atoms with Crippen LogP contribution in [0.1, 0.15) is 78.2 Å². The quantitative estimate of drug-likeness (QED) is 0.179. The number of allylic oxidation sites excluding steroid dienone is 1. The number of halogens is 10. The molecule has 0 radical (unpaired) electrons. The van der Waals surface area contributed by atoms with Gasteiger partial charge in [-0.15, -0.1) is 0 Å². The van der Waals surface area contributed by atoms with Crippen LogP contribution in [0.5, 0.6) is 0 Å². The number of rotatable bonds is 8. The summed E-state index contributed by atoms with van der Waals surface area (Å²) in [6.07, 6.45) is -15.9. The Kier molecular flexibility index (Phi) is 11.1. The Bertz CT molecular complexity index is 1470. The zero-order valence-corrected chi connectivity index (χ0v) is 24.2. The smallest absolute Gasteiger partial charge is 0.347 e. The highest BCUT2D eigenvalue weighted by atomic mass is 19.4. The largest absolute Gasteiger partial charge is 0.417 e. The molecule has 0 fully saturated rings. The summed E-state index contributed by atoms with van der Waals surface area (Å²) in [5.74, 6) is -2.56. The molecule has 13 heteroatoms. The fourth-order valence-corrected chi connectivity index (χ4v) is 3.96. The molecule has 1 unspecified atom stereocenters. The number of carbonyl (C=O) groups excluding carboxylic acids is 2. The Labute approximate surface area is 247 Å². The summed E-state index contributed by atoms with van der Waals surface area (Å²) < 4.78 is 136. The van der Waals surface area contributed by atoms with Gasteiger partial charge in [0.25, 0.3) is 0 Å². The van der Waals surface area contributed by atoms with Crippen molar-refractivity contribution in [3.63, 3.8) is 0 Å². The first kappa shape index (κ1) is 36.4. The molecule has 2 aromatic carbocycles. The fraction of sp³-hybridized carbons (Fsp3) is 0.419. The van der Waals surface area contributed by atoms with E-state index in [4.69, 9.17) is 0 Å². The van der Waals surface area contributed by atoms with Gasteiger partial charge in [0, 0.05) is 34.4 Å². The highest BCUT2D eigenvalue weighted by Gasteiger charge is 2.41. The Hall–Kier alpha value is -3.82. The van der Waals surface area contributed by atoms with Gasteiger partial charge in [0.2, 0.25) is 5.91 Å². The Morgan fingerprint density at radius 2 is 1.55 bits per heavy atom. The number of Topliss-reactive ketones (excluding diaryl/α,β-unsaturated/α-hetero) is 1. The molecule has 0 heterocycles. The van der Waals surface area contributed by atoms with E-state index in [0.717, 1.165) is 19.1 Å². The monoisotopic (exact) mass is 637 g/mol. The van der Waals surface area contributed by atoms with Crippen LogP contribution < -0.4 is 5.32 Å². The van der Waals surface area contributed by atoms with Gasteiger partial charge in [-0.05, 0) is 63.1 Å². The fourth-order valence-electron chi connectivity index (χ4n) is 3.96. The van der Waals surface area contributed by atoms with E-state index in [-0.39, 0.29) is 17.7 Å². The zero-order chi connectivity index (χ0) is 33.8. The third kappa shape index (κ3) is 11.0. The summed E-state index contributed by atoms with van der Waals surface area (Å²) in [6, 6.07) is 5.18. The molecule has 0 aromatic heterocycles. The van der Waals surface area contributed by atoms with Crippen molar-refractivity contribution < 1.29 is 53.5 Å². The van der Waals surface area contributed by atoms with Crippen LogP contribution in [0, 0.1) is 30.1 Å². The maximum atomic E-state index is 15.2. The first-order chi connectivity index (χ1) is 19.9. The number of amides is 1. The minimum atomic E-state index is -5.27. The van der Waals surface area contributed by atoms with Gasteiger partial charge in [-0.2, -0.15) is 39.5 Å². The van der Waals surface area contributed by atoms with Gasteiger partial charge in [0.1, 0.15) is 18.3 Å². The summed E-state index contributed by atoms with van der Waals surface area (Å²) in [7, 11) is 0. The van der Waals surface area contributed by atoms with Crippen LogP contribution in [0.2, 0.25) is 0 Å². The minimum Gasteiger partial charge on any atom is -0.347 e. The summed E-state index contributed by atoms with van der Waals surface area (Å²) in [5, 5.41) is 1.52. The third-order valence-electron chi connectivity index (χ3n) is 6.01. The maximum Gasteiger partial charge on any atom is 0.417 e. The van der Waals surface area contributed by atoms with Crippen molar-refractivity contribution in [2.45, 2.75) is 65.5 Å². The molecule has 240 valence electrons. The van der Waals surface area contributed by atoms with Crippen LogP contribution in [-0.4, -0.2) is 30.6 Å². The van der Waals surface area contributed by atoms with Crippen molar-refractivity contribution in [3.8, 4) is 11.8 Å². The SMILES string of the molecule is Cc1cc(C#CC(C)(C)C)cc(C(/C=C(\F)c2ccc(C(=O)C[C@H](C)C(=O)NCC(F)(F)F)c(C(F)(F)F)c2)C(F)(F)F)c1. The average Bonchev–Trinajstić information content (AvgIpc) is 2.86. The molecule has 1 N–H and O–H groups in total. The standard InChI is InChI=1S/C31H29F10NO2/c1-17-10-19(8-9-28(3,4)5)13-21(11-17)23(30(36,37)38)15-25(32)20-6-7-22(24(14-20)31(39,40)41)26(43)12-18(2)27(44)42-16-29(33,34)35/h6-7,10-11,13-15,18,23H,12,16H2,1-5H3,(H,42,44)/b25-15-/t18-,23?/m0/s1. The van der Waals surface area contributed by atoms with Crippen molar-refractivity contribution in [2.75, 3.05) is 6.54 Å². The van der Waals surface area contributed by atoms with Gasteiger partial charge in [0.05, 0.1) is 5.56 Å². The van der Waals surface area contributed by atoms with E-state index >= 15 is 4.39 Å². The van der Waals surface area contributed by atoms with Gasteiger partial charge in [-0.1, -0.05) is 37.0 Å². The number of benzene rings is 2. The number of hydrogen-bond acceptors (Lipinski definition) is 2. The molecule has 0 aliphatic rings. The Morgan fingerprint density at radius 1 is 0.932 bits per heavy atom. The topological polar surface area (TPSA) is 46.2 Å². The van der Waals surface area contributed by atoms with Gasteiger partial charge in [0.15, 0.2) is 5.78 Å². The molecular weight excluding hydrogens is 608 g/mol. The lowest BCUT2D eigenvalue weighted by atomic mass is 9.91. The third-order valence-corrected chi connectivity index (χ3v) is 6.01. The van der Waals surface area contributed by atoms with E-state index in [2.05, 4.69) is 11.8 Å². The highest BCUT2D eigenvalue weighted by Crippen LogP contribution is 2.40. The molecule has 0 aliphatic heterocycles. The predicted octanol–water partition coefficient (Wildman–Crippen LogP) is 8.96. The van der Waals surface area contributed by atoms with Gasteiger partial charge < -0.3 is 5.32 Å². The normalized spacial score (nSPS) is 14.4. The lowest BCUT2D eigenvalue weighted by Gasteiger charge is -2.19. The van der Waals surface area contributed by atoms with E-state index < -0.39 is 88.5 Å². The second-order valence-corrected chi connectivity index (χ2v) is 11.3. The Balaban J connectivity index is 2.50. The molecule has 0 bridgehead atoms. The van der Waals surface area contributed by atoms with Gasteiger partial charge in [-0.3, -0.25) is 9.59 Å². The van der Waals surface area contributed by atoms with Crippen LogP contribution in [-0.2, 0) is 11.0 Å². The molecule has 0 aliphatic carbocycles. The van der Waals surface area contributed by atoms with Crippen LogP contribution in [0.3, 0.4) is 0 Å². The van der Waals surface area contributed by atoms with E-state index in [9.17, 15) is 49.1 Å². The molecular formula is C31H29F10NO2. The first-order valence-corrected chi connectivity index (χ1v) is 13.1. The van der Waals surface area contributed by atoms with Crippen LogP contribution >= 0.6 is 0 Å². The maximum absolute atomic E-state index is 15.2. The number of nitrogens with one attached hydrogen (secondary N) is 1. The number of alkyl halides is 9. The molecule has 1 amide bonds. The highest BCUT2D eigenvalue weighted by molar-refractivity contribution is 6.00. The van der Waals surface area contributed by atoms with Crippen molar-refractivity contribution in [1.29, 1.82) is 0 Å². The lowest BCUT2D eigenvalue weighted by molar-refractivity contribution is -0.140. The molecule has 0 saturated carbocycles.